The van der Waals surface area contributed by atoms with Gasteiger partial charge in [0.25, 0.3) is 0 Å². The number of aromatic nitrogens is 5. The van der Waals surface area contributed by atoms with E-state index in [1.165, 1.54) is 6.07 Å². The Morgan fingerprint density at radius 2 is 1.88 bits per heavy atom. The van der Waals surface area contributed by atoms with Crippen molar-refractivity contribution in [2.75, 3.05) is 18.4 Å². The molecule has 9 heteroatoms. The van der Waals surface area contributed by atoms with Crippen LogP contribution in [0.5, 0.6) is 0 Å². The first kappa shape index (κ1) is 22.3. The molecular formula is C25H27F2N7. The van der Waals surface area contributed by atoms with E-state index in [0.717, 1.165) is 30.7 Å². The zero-order chi connectivity index (χ0) is 23.8. The molecule has 0 radical (unpaired) electrons. The lowest BCUT2D eigenvalue weighted by Gasteiger charge is -2.28. The van der Waals surface area contributed by atoms with E-state index in [1.807, 2.05) is 43.7 Å². The first-order chi connectivity index (χ1) is 16.4. The van der Waals surface area contributed by atoms with Crippen LogP contribution < -0.4 is 10.6 Å². The van der Waals surface area contributed by atoms with E-state index in [9.17, 15) is 8.78 Å². The quantitative estimate of drug-likeness (QED) is 0.427. The molecule has 1 aliphatic heterocycles. The van der Waals surface area contributed by atoms with Crippen LogP contribution in [0.3, 0.4) is 0 Å². The number of rotatable bonds is 7. The molecule has 0 amide bonds. The average Bonchev–Trinajstić information content (AvgIpc) is 3.13. The molecule has 0 saturated carbocycles. The number of hydrogen-bond acceptors (Lipinski definition) is 6. The lowest BCUT2D eigenvalue weighted by Crippen LogP contribution is -2.51. The maximum absolute atomic E-state index is 14.9. The molecule has 0 bridgehead atoms. The molecule has 7 nitrogen and oxygen atoms in total. The summed E-state index contributed by atoms with van der Waals surface area (Å²) in [6.45, 7) is 7.76. The largest absolute Gasteiger partial charge is 0.379 e. The van der Waals surface area contributed by atoms with Crippen LogP contribution in [-0.2, 0) is 12.8 Å². The van der Waals surface area contributed by atoms with Gasteiger partial charge in [-0.2, -0.15) is 0 Å². The van der Waals surface area contributed by atoms with Crippen molar-refractivity contribution >= 4 is 16.7 Å². The molecule has 2 N–H and O–H groups in total. The predicted octanol–water partition coefficient (Wildman–Crippen LogP) is 4.22. The van der Waals surface area contributed by atoms with Crippen LogP contribution in [-0.4, -0.2) is 43.6 Å². The molecular weight excluding hydrogens is 436 g/mol. The van der Waals surface area contributed by atoms with Crippen LogP contribution in [0.2, 0.25) is 0 Å². The second kappa shape index (κ2) is 9.06. The minimum Gasteiger partial charge on any atom is -0.379 e. The fraction of sp³-hybridized carbons (Fsp3) is 0.360. The third-order valence-corrected chi connectivity index (χ3v) is 6.09. The number of benzene rings is 1. The second-order valence-electron chi connectivity index (χ2n) is 8.97. The van der Waals surface area contributed by atoms with Crippen molar-refractivity contribution in [1.29, 1.82) is 0 Å². The summed E-state index contributed by atoms with van der Waals surface area (Å²) in [4.78, 5) is 17.4. The first-order valence-corrected chi connectivity index (χ1v) is 11.5. The molecule has 4 aromatic rings. The molecule has 1 aromatic carbocycles. The zero-order valence-corrected chi connectivity index (χ0v) is 19.4. The highest BCUT2D eigenvalue weighted by Crippen LogP contribution is 2.30. The minimum atomic E-state index is -0.589. The molecule has 0 unspecified atom stereocenters. The summed E-state index contributed by atoms with van der Waals surface area (Å²) in [6, 6.07) is 7.56. The van der Waals surface area contributed by atoms with E-state index in [1.54, 1.807) is 6.07 Å². The summed E-state index contributed by atoms with van der Waals surface area (Å²) < 4.78 is 31.5. The predicted molar refractivity (Wildman–Crippen MR) is 128 cm³/mol. The number of nitrogens with one attached hydrogen (secondary N) is 2. The number of hydrogen-bond donors (Lipinski definition) is 2. The lowest BCUT2D eigenvalue weighted by molar-refractivity contribution is 0.472. The number of nitrogens with zero attached hydrogens (tertiary/aromatic N) is 5. The molecule has 34 heavy (non-hydrogen) atoms. The summed E-state index contributed by atoms with van der Waals surface area (Å²) >= 11 is 0. The monoisotopic (exact) mass is 463 g/mol. The second-order valence-corrected chi connectivity index (χ2v) is 8.97. The van der Waals surface area contributed by atoms with Gasteiger partial charge >= 0.3 is 0 Å². The number of pyridine rings is 1. The lowest BCUT2D eigenvalue weighted by atomic mass is 10.1. The minimum absolute atomic E-state index is 0.0848. The Morgan fingerprint density at radius 1 is 1.06 bits per heavy atom. The topological polar surface area (TPSA) is 80.6 Å². The highest BCUT2D eigenvalue weighted by Gasteiger charge is 2.19. The highest BCUT2D eigenvalue weighted by molar-refractivity contribution is 5.82. The van der Waals surface area contributed by atoms with Crippen molar-refractivity contribution in [3.8, 4) is 11.3 Å². The molecule has 176 valence electrons. The van der Waals surface area contributed by atoms with Gasteiger partial charge in [-0.15, -0.1) is 0 Å². The zero-order valence-electron chi connectivity index (χ0n) is 19.4. The fourth-order valence-electron chi connectivity index (χ4n) is 4.31. The van der Waals surface area contributed by atoms with Crippen molar-refractivity contribution in [2.24, 2.45) is 0 Å². The van der Waals surface area contributed by atoms with Crippen molar-refractivity contribution < 1.29 is 8.78 Å². The number of halogens is 2. The average molecular weight is 464 g/mol. The molecule has 0 spiro atoms. The van der Waals surface area contributed by atoms with Crippen LogP contribution in [0.1, 0.15) is 37.2 Å². The van der Waals surface area contributed by atoms with E-state index in [-0.39, 0.29) is 17.3 Å². The van der Waals surface area contributed by atoms with Gasteiger partial charge in [0.1, 0.15) is 22.9 Å². The third-order valence-electron chi connectivity index (χ3n) is 6.09. The van der Waals surface area contributed by atoms with Gasteiger partial charge in [-0.1, -0.05) is 0 Å². The number of imidazole rings is 1. The molecule has 0 aliphatic carbocycles. The first-order valence-electron chi connectivity index (χ1n) is 11.5. The van der Waals surface area contributed by atoms with Gasteiger partial charge in [0, 0.05) is 36.8 Å². The Bertz CT molecular complexity index is 1330. The Balaban J connectivity index is 1.37. The van der Waals surface area contributed by atoms with Gasteiger partial charge in [-0.25, -0.2) is 23.7 Å². The SMILES string of the molecule is Cc1nc2c(F)cc(-c3nc(CCc4ccc(NC5CNC5)cn4)ncc3F)cc2n1C(C)C. The maximum Gasteiger partial charge on any atom is 0.167 e. The Labute approximate surface area is 196 Å². The van der Waals surface area contributed by atoms with E-state index in [2.05, 4.69) is 30.6 Å². The van der Waals surface area contributed by atoms with E-state index < -0.39 is 11.6 Å². The summed E-state index contributed by atoms with van der Waals surface area (Å²) in [5, 5.41) is 6.64. The molecule has 1 fully saturated rings. The van der Waals surface area contributed by atoms with Gasteiger partial charge in [-0.05, 0) is 51.5 Å². The van der Waals surface area contributed by atoms with Gasteiger partial charge < -0.3 is 15.2 Å². The normalized spacial score (nSPS) is 14.1. The van der Waals surface area contributed by atoms with Crippen molar-refractivity contribution in [3.63, 3.8) is 0 Å². The van der Waals surface area contributed by atoms with Crippen molar-refractivity contribution in [1.82, 2.24) is 29.8 Å². The standard InChI is InChI=1S/C25H27F2N7/c1-14(2)34-15(3)31-25-20(26)8-16(9-22(25)34)24-21(27)13-30-23(33-24)7-6-17-4-5-18(12-29-17)32-19-10-28-11-19/h4-5,8-9,12-14,19,28,32H,6-7,10-11H2,1-3H3. The smallest absolute Gasteiger partial charge is 0.167 e. The maximum atomic E-state index is 14.9. The number of aryl methyl sites for hydroxylation is 3. The van der Waals surface area contributed by atoms with E-state index >= 15 is 0 Å². The van der Waals surface area contributed by atoms with Gasteiger partial charge in [0.05, 0.1) is 29.6 Å². The van der Waals surface area contributed by atoms with Crippen LogP contribution in [0.25, 0.3) is 22.3 Å². The summed E-state index contributed by atoms with van der Waals surface area (Å²) in [5.74, 6) is 0.108. The summed E-state index contributed by atoms with van der Waals surface area (Å²) in [5.41, 5.74) is 3.24. The molecule has 3 aromatic heterocycles. The van der Waals surface area contributed by atoms with Crippen LogP contribution >= 0.6 is 0 Å². The Hall–Kier alpha value is -3.46. The van der Waals surface area contributed by atoms with Crippen LogP contribution in [0, 0.1) is 18.6 Å². The molecule has 1 aliphatic rings. The van der Waals surface area contributed by atoms with Crippen molar-refractivity contribution in [3.05, 3.63) is 65.6 Å². The highest BCUT2D eigenvalue weighted by atomic mass is 19.1. The molecule has 1 saturated heterocycles. The van der Waals surface area contributed by atoms with Gasteiger partial charge in [0.2, 0.25) is 0 Å². The molecule has 5 rings (SSSR count). The van der Waals surface area contributed by atoms with E-state index in [4.69, 9.17) is 0 Å². The fourth-order valence-corrected chi connectivity index (χ4v) is 4.31. The van der Waals surface area contributed by atoms with Crippen LogP contribution in [0.15, 0.2) is 36.7 Å². The number of fused-ring (bicyclic) bond motifs is 1. The van der Waals surface area contributed by atoms with E-state index in [0.29, 0.717) is 41.6 Å². The van der Waals surface area contributed by atoms with Crippen molar-refractivity contribution in [2.45, 2.75) is 45.7 Å². The Morgan fingerprint density at radius 3 is 2.56 bits per heavy atom. The molecule has 0 atom stereocenters. The summed E-state index contributed by atoms with van der Waals surface area (Å²) in [7, 11) is 0. The number of anilines is 1. The Kier molecular flexibility index (Phi) is 5.95. The van der Waals surface area contributed by atoms with Crippen LogP contribution in [0.4, 0.5) is 14.5 Å². The summed E-state index contributed by atoms with van der Waals surface area (Å²) in [6.07, 6.45) is 4.08. The van der Waals surface area contributed by atoms with Gasteiger partial charge in [-0.3, -0.25) is 4.98 Å². The third kappa shape index (κ3) is 4.35. The van der Waals surface area contributed by atoms with Gasteiger partial charge in [0.15, 0.2) is 11.6 Å². The molecule has 4 heterocycles.